The summed E-state index contributed by atoms with van der Waals surface area (Å²) in [6.07, 6.45) is 0.455. The smallest absolute Gasteiger partial charge is 0.321 e. The quantitative estimate of drug-likeness (QED) is 0.839. The van der Waals surface area contributed by atoms with E-state index in [0.717, 1.165) is 11.5 Å². The van der Waals surface area contributed by atoms with E-state index in [0.29, 0.717) is 29.5 Å². The topological polar surface area (TPSA) is 58.1 Å². The van der Waals surface area contributed by atoms with Crippen molar-refractivity contribution in [2.24, 2.45) is 0 Å². The molecular weight excluding hydrogens is 370 g/mol. The number of hydrogen-bond donors (Lipinski definition) is 1. The number of carbonyl (C=O) groups is 1. The molecule has 1 aliphatic rings. The number of benzene rings is 1. The molecule has 25 heavy (non-hydrogen) atoms. The Bertz CT molecular complexity index is 826. The summed E-state index contributed by atoms with van der Waals surface area (Å²) >= 11 is 6.79. The van der Waals surface area contributed by atoms with Gasteiger partial charge < -0.3 is 4.90 Å². The van der Waals surface area contributed by atoms with E-state index < -0.39 is 18.0 Å². The third kappa shape index (κ3) is 4.32. The number of rotatable bonds is 2. The van der Waals surface area contributed by atoms with Crippen LogP contribution in [-0.4, -0.2) is 39.5 Å². The van der Waals surface area contributed by atoms with Gasteiger partial charge in [0.25, 0.3) is 0 Å². The van der Waals surface area contributed by atoms with Crippen molar-refractivity contribution < 1.29 is 13.6 Å². The molecule has 2 amide bonds. The highest BCUT2D eigenvalue weighted by atomic mass is 35.5. The molecule has 0 radical (unpaired) electrons. The van der Waals surface area contributed by atoms with Gasteiger partial charge in [0.1, 0.15) is 17.8 Å². The van der Waals surface area contributed by atoms with Gasteiger partial charge in [0.05, 0.1) is 6.54 Å². The highest BCUT2D eigenvalue weighted by Crippen LogP contribution is 2.25. The first-order valence-electron chi connectivity index (χ1n) is 7.58. The second-order valence-electron chi connectivity index (χ2n) is 5.63. The summed E-state index contributed by atoms with van der Waals surface area (Å²) in [6, 6.07) is 3.83. The van der Waals surface area contributed by atoms with Gasteiger partial charge in [-0.05, 0) is 37.1 Å². The van der Waals surface area contributed by atoms with Crippen molar-refractivity contribution in [1.82, 2.24) is 14.3 Å². The predicted octanol–water partition coefficient (Wildman–Crippen LogP) is 4.30. The number of alkyl halides is 1. The lowest BCUT2D eigenvalue weighted by atomic mass is 9.99. The standard InChI is InChI=1S/C16H15ClF2N4OS/c1-9-20-15(25-22-9)21-16(24)23-5-4-11(14(19)8-23)6-10-2-3-12(17)7-13(10)18/h2-3,6-7,14H,4-5,8H2,1H3,(H,20,21,22,24)/b11-6+. The van der Waals surface area contributed by atoms with Crippen LogP contribution in [-0.2, 0) is 0 Å². The van der Waals surface area contributed by atoms with Gasteiger partial charge in [-0.25, -0.2) is 18.6 Å². The van der Waals surface area contributed by atoms with E-state index in [1.54, 1.807) is 13.0 Å². The molecule has 9 heteroatoms. The summed E-state index contributed by atoms with van der Waals surface area (Å²) in [6.45, 7) is 1.97. The number of piperidine rings is 1. The Labute approximate surface area is 152 Å². The molecule has 0 aliphatic carbocycles. The first-order valence-corrected chi connectivity index (χ1v) is 8.73. The molecular formula is C16H15ClF2N4OS. The number of carbonyl (C=O) groups excluding carboxylic acids is 1. The number of aromatic nitrogens is 2. The molecule has 1 atom stereocenters. The minimum absolute atomic E-state index is 0.0926. The second kappa shape index (κ2) is 7.45. The SMILES string of the molecule is Cc1nsc(NC(=O)N2CC/C(=C\c3ccc(Cl)cc3F)C(F)C2)n1. The average Bonchev–Trinajstić information content (AvgIpc) is 2.96. The normalized spacial score (nSPS) is 19.3. The summed E-state index contributed by atoms with van der Waals surface area (Å²) in [5.74, 6) is 0.0662. The Morgan fingerprint density at radius 2 is 2.32 bits per heavy atom. The first-order chi connectivity index (χ1) is 11.9. The number of anilines is 1. The molecule has 1 N–H and O–H groups in total. The number of aryl methyl sites for hydroxylation is 1. The maximum atomic E-state index is 14.4. The van der Waals surface area contributed by atoms with E-state index in [2.05, 4.69) is 14.7 Å². The molecule has 1 aromatic carbocycles. The van der Waals surface area contributed by atoms with Crippen molar-refractivity contribution in [1.29, 1.82) is 0 Å². The van der Waals surface area contributed by atoms with Gasteiger partial charge in [-0.15, -0.1) is 0 Å². The van der Waals surface area contributed by atoms with Gasteiger partial charge in [-0.1, -0.05) is 17.7 Å². The van der Waals surface area contributed by atoms with Gasteiger partial charge in [0.2, 0.25) is 5.13 Å². The molecule has 1 saturated heterocycles. The van der Waals surface area contributed by atoms with Crippen LogP contribution in [0.2, 0.25) is 5.02 Å². The van der Waals surface area contributed by atoms with Crippen molar-refractivity contribution in [3.63, 3.8) is 0 Å². The molecule has 1 fully saturated rings. The fourth-order valence-electron chi connectivity index (χ4n) is 2.51. The van der Waals surface area contributed by atoms with Crippen LogP contribution in [0.1, 0.15) is 17.8 Å². The monoisotopic (exact) mass is 384 g/mol. The Balaban J connectivity index is 1.65. The Kier molecular flexibility index (Phi) is 5.29. The van der Waals surface area contributed by atoms with E-state index in [9.17, 15) is 13.6 Å². The molecule has 3 rings (SSSR count). The third-order valence-corrected chi connectivity index (χ3v) is 4.74. The Morgan fingerprint density at radius 3 is 2.96 bits per heavy atom. The van der Waals surface area contributed by atoms with Gasteiger partial charge in [0, 0.05) is 28.7 Å². The molecule has 0 bridgehead atoms. The molecule has 5 nitrogen and oxygen atoms in total. The van der Waals surface area contributed by atoms with E-state index in [1.165, 1.54) is 23.1 Å². The Morgan fingerprint density at radius 1 is 1.52 bits per heavy atom. The zero-order valence-corrected chi connectivity index (χ0v) is 14.9. The van der Waals surface area contributed by atoms with E-state index in [4.69, 9.17) is 11.6 Å². The van der Waals surface area contributed by atoms with E-state index in [-0.39, 0.29) is 17.1 Å². The first kappa shape index (κ1) is 17.8. The molecule has 2 heterocycles. The van der Waals surface area contributed by atoms with E-state index in [1.807, 2.05) is 0 Å². The highest BCUT2D eigenvalue weighted by Gasteiger charge is 2.27. The number of nitrogens with zero attached hydrogens (tertiary/aromatic N) is 3. The molecule has 0 saturated carbocycles. The number of urea groups is 1. The summed E-state index contributed by atoms with van der Waals surface area (Å²) in [5.41, 5.74) is 0.737. The highest BCUT2D eigenvalue weighted by molar-refractivity contribution is 7.09. The fourth-order valence-corrected chi connectivity index (χ4v) is 3.23. The summed E-state index contributed by atoms with van der Waals surface area (Å²) in [7, 11) is 0. The van der Waals surface area contributed by atoms with Crippen LogP contribution in [0.25, 0.3) is 6.08 Å². The molecule has 0 spiro atoms. The minimum Gasteiger partial charge on any atom is -0.321 e. The average molecular weight is 385 g/mol. The van der Waals surface area contributed by atoms with Crippen molar-refractivity contribution in [3.05, 3.63) is 46.0 Å². The number of likely N-dealkylation sites (tertiary alicyclic amines) is 1. The fraction of sp³-hybridized carbons (Fsp3) is 0.312. The number of amides is 2. The largest absolute Gasteiger partial charge is 0.323 e. The molecule has 132 valence electrons. The summed E-state index contributed by atoms with van der Waals surface area (Å²) in [5, 5.41) is 3.27. The molecule has 1 aliphatic heterocycles. The van der Waals surface area contributed by atoms with Crippen molar-refractivity contribution in [2.75, 3.05) is 18.4 Å². The van der Waals surface area contributed by atoms with Crippen LogP contribution in [0.5, 0.6) is 0 Å². The van der Waals surface area contributed by atoms with Crippen molar-refractivity contribution in [3.8, 4) is 0 Å². The van der Waals surface area contributed by atoms with Gasteiger partial charge in [0.15, 0.2) is 0 Å². The van der Waals surface area contributed by atoms with Crippen molar-refractivity contribution in [2.45, 2.75) is 19.5 Å². The van der Waals surface area contributed by atoms with Crippen LogP contribution in [0.4, 0.5) is 18.7 Å². The zero-order chi connectivity index (χ0) is 18.0. The van der Waals surface area contributed by atoms with Crippen LogP contribution in [0, 0.1) is 12.7 Å². The minimum atomic E-state index is -1.36. The van der Waals surface area contributed by atoms with Crippen LogP contribution in [0.15, 0.2) is 23.8 Å². The second-order valence-corrected chi connectivity index (χ2v) is 6.81. The van der Waals surface area contributed by atoms with Crippen LogP contribution < -0.4 is 5.32 Å². The summed E-state index contributed by atoms with van der Waals surface area (Å²) in [4.78, 5) is 17.6. The van der Waals surface area contributed by atoms with Gasteiger partial charge >= 0.3 is 6.03 Å². The lowest BCUT2D eigenvalue weighted by Gasteiger charge is -2.30. The third-order valence-electron chi connectivity index (χ3n) is 3.79. The maximum Gasteiger partial charge on any atom is 0.323 e. The van der Waals surface area contributed by atoms with Gasteiger partial charge in [-0.2, -0.15) is 4.37 Å². The summed E-state index contributed by atoms with van der Waals surface area (Å²) < 4.78 is 32.3. The number of hydrogen-bond acceptors (Lipinski definition) is 4. The lowest BCUT2D eigenvalue weighted by molar-refractivity contribution is 0.180. The molecule has 1 unspecified atom stereocenters. The van der Waals surface area contributed by atoms with Crippen LogP contribution in [0.3, 0.4) is 0 Å². The Hall–Kier alpha value is -2.06. The zero-order valence-electron chi connectivity index (χ0n) is 13.3. The predicted molar refractivity (Wildman–Crippen MR) is 94.1 cm³/mol. The van der Waals surface area contributed by atoms with Crippen LogP contribution >= 0.6 is 23.1 Å². The van der Waals surface area contributed by atoms with Crippen molar-refractivity contribution >= 4 is 40.4 Å². The van der Waals surface area contributed by atoms with E-state index >= 15 is 0 Å². The van der Waals surface area contributed by atoms with Gasteiger partial charge in [-0.3, -0.25) is 5.32 Å². The number of halogens is 3. The molecule has 2 aromatic rings. The maximum absolute atomic E-state index is 14.4. The molecule has 1 aromatic heterocycles. The lowest BCUT2D eigenvalue weighted by Crippen LogP contribution is -2.44. The number of nitrogens with one attached hydrogen (secondary N) is 1.